The largest absolute Gasteiger partial charge is 0.288 e. The maximum absolute atomic E-state index is 12.3. The Labute approximate surface area is 110 Å². The van der Waals surface area contributed by atoms with E-state index in [1.807, 2.05) is 39.0 Å². The molecule has 0 radical (unpaired) electrons. The van der Waals surface area contributed by atoms with Crippen LogP contribution in [0.15, 0.2) is 24.3 Å². The molecule has 0 atom stereocenters. The molecular formula is C14H13ClOS. The summed E-state index contributed by atoms with van der Waals surface area (Å²) in [7, 11) is 0. The van der Waals surface area contributed by atoms with Gasteiger partial charge in [0.15, 0.2) is 0 Å². The van der Waals surface area contributed by atoms with Crippen molar-refractivity contribution in [1.29, 1.82) is 0 Å². The van der Waals surface area contributed by atoms with Gasteiger partial charge < -0.3 is 0 Å². The Morgan fingerprint density at radius 2 is 1.82 bits per heavy atom. The van der Waals surface area contributed by atoms with E-state index in [1.165, 1.54) is 11.3 Å². The smallest absolute Gasteiger partial charge is 0.203 e. The number of hydrogen-bond acceptors (Lipinski definition) is 2. The number of carbonyl (C=O) groups is 1. The van der Waals surface area contributed by atoms with E-state index in [1.54, 1.807) is 6.07 Å². The number of aryl methyl sites for hydroxylation is 3. The lowest BCUT2D eigenvalue weighted by atomic mass is 10.1. The Bertz CT molecular complexity index is 564. The van der Waals surface area contributed by atoms with Crippen molar-refractivity contribution in [3.8, 4) is 0 Å². The van der Waals surface area contributed by atoms with Gasteiger partial charge in [0.25, 0.3) is 0 Å². The Balaban J connectivity index is 2.47. The van der Waals surface area contributed by atoms with Crippen LogP contribution in [-0.2, 0) is 0 Å². The third kappa shape index (κ3) is 2.59. The van der Waals surface area contributed by atoms with Gasteiger partial charge in [0, 0.05) is 15.5 Å². The van der Waals surface area contributed by atoms with Gasteiger partial charge in [-0.15, -0.1) is 11.3 Å². The topological polar surface area (TPSA) is 17.1 Å². The zero-order valence-electron chi connectivity index (χ0n) is 10.0. The Morgan fingerprint density at radius 3 is 2.35 bits per heavy atom. The fourth-order valence-corrected chi connectivity index (χ4v) is 3.14. The van der Waals surface area contributed by atoms with Crippen LogP contribution in [-0.4, -0.2) is 5.78 Å². The van der Waals surface area contributed by atoms with E-state index in [9.17, 15) is 4.79 Å². The normalized spacial score (nSPS) is 10.6. The number of thiophene rings is 1. The van der Waals surface area contributed by atoms with Crippen LogP contribution in [0.3, 0.4) is 0 Å². The third-order valence-electron chi connectivity index (χ3n) is 2.55. The van der Waals surface area contributed by atoms with E-state index in [-0.39, 0.29) is 5.78 Å². The van der Waals surface area contributed by atoms with Gasteiger partial charge in [0.1, 0.15) is 0 Å². The molecule has 88 valence electrons. The van der Waals surface area contributed by atoms with Gasteiger partial charge >= 0.3 is 0 Å². The molecule has 0 N–H and O–H groups in total. The summed E-state index contributed by atoms with van der Waals surface area (Å²) >= 11 is 7.51. The highest BCUT2D eigenvalue weighted by Crippen LogP contribution is 2.25. The number of carbonyl (C=O) groups excluding carboxylic acids is 1. The van der Waals surface area contributed by atoms with Crippen LogP contribution in [0.25, 0.3) is 0 Å². The quantitative estimate of drug-likeness (QED) is 0.727. The fraction of sp³-hybridized carbons (Fsp3) is 0.214. The molecule has 0 aliphatic rings. The minimum atomic E-state index is 0.0613. The fourth-order valence-electron chi connectivity index (χ4n) is 1.87. The molecule has 1 aromatic carbocycles. The van der Waals surface area contributed by atoms with Crippen LogP contribution < -0.4 is 0 Å². The number of halogens is 1. The molecule has 3 heteroatoms. The first-order valence-corrected chi connectivity index (χ1v) is 6.56. The van der Waals surface area contributed by atoms with Crippen LogP contribution in [0.4, 0.5) is 0 Å². The molecule has 17 heavy (non-hydrogen) atoms. The molecule has 0 saturated carbocycles. The Kier molecular flexibility index (Phi) is 3.36. The van der Waals surface area contributed by atoms with Gasteiger partial charge in [-0.2, -0.15) is 0 Å². The second kappa shape index (κ2) is 4.63. The van der Waals surface area contributed by atoms with Crippen molar-refractivity contribution in [2.45, 2.75) is 20.8 Å². The van der Waals surface area contributed by atoms with E-state index in [0.717, 1.165) is 20.9 Å². The van der Waals surface area contributed by atoms with Crippen molar-refractivity contribution in [2.24, 2.45) is 0 Å². The molecule has 0 aliphatic heterocycles. The summed E-state index contributed by atoms with van der Waals surface area (Å²) in [5.41, 5.74) is 2.71. The van der Waals surface area contributed by atoms with Gasteiger partial charge in [-0.05, 0) is 56.2 Å². The first-order chi connectivity index (χ1) is 7.97. The average molecular weight is 265 g/mol. The van der Waals surface area contributed by atoms with E-state index < -0.39 is 0 Å². The van der Waals surface area contributed by atoms with Gasteiger partial charge in [-0.25, -0.2) is 0 Å². The molecule has 1 aromatic heterocycles. The molecule has 0 unspecified atom stereocenters. The first-order valence-electron chi connectivity index (χ1n) is 5.36. The van der Waals surface area contributed by atoms with Gasteiger partial charge in [-0.1, -0.05) is 11.6 Å². The zero-order valence-corrected chi connectivity index (χ0v) is 11.6. The summed E-state index contributed by atoms with van der Waals surface area (Å²) in [4.78, 5) is 14.3. The Morgan fingerprint density at radius 1 is 1.12 bits per heavy atom. The minimum absolute atomic E-state index is 0.0613. The van der Waals surface area contributed by atoms with Crippen molar-refractivity contribution in [1.82, 2.24) is 0 Å². The number of rotatable bonds is 2. The standard InChI is InChI=1S/C14H13ClOS/c1-8-4-11(7-12(15)5-8)13(16)14-9(2)6-10(3)17-14/h4-7H,1-3H3. The minimum Gasteiger partial charge on any atom is -0.288 e. The first kappa shape index (κ1) is 12.3. The molecule has 0 amide bonds. The molecular weight excluding hydrogens is 252 g/mol. The highest BCUT2D eigenvalue weighted by Gasteiger charge is 2.15. The summed E-state index contributed by atoms with van der Waals surface area (Å²) in [6.45, 7) is 5.92. The third-order valence-corrected chi connectivity index (χ3v) is 3.92. The lowest BCUT2D eigenvalue weighted by molar-refractivity contribution is 0.104. The van der Waals surface area contributed by atoms with E-state index in [4.69, 9.17) is 11.6 Å². The maximum Gasteiger partial charge on any atom is 0.203 e. The SMILES string of the molecule is Cc1cc(Cl)cc(C(=O)c2sc(C)cc2C)c1. The molecule has 0 saturated heterocycles. The predicted octanol–water partition coefficient (Wildman–Crippen LogP) is 4.56. The number of benzene rings is 1. The lowest BCUT2D eigenvalue weighted by Gasteiger charge is -2.02. The molecule has 0 aliphatic carbocycles. The summed E-state index contributed by atoms with van der Waals surface area (Å²) in [6, 6.07) is 7.49. The van der Waals surface area contributed by atoms with Gasteiger partial charge in [-0.3, -0.25) is 4.79 Å². The molecule has 0 bridgehead atoms. The van der Waals surface area contributed by atoms with Crippen molar-refractivity contribution >= 4 is 28.7 Å². The summed E-state index contributed by atoms with van der Waals surface area (Å²) < 4.78 is 0. The average Bonchev–Trinajstić information content (AvgIpc) is 2.55. The molecule has 2 rings (SSSR count). The van der Waals surface area contributed by atoms with Crippen molar-refractivity contribution in [2.75, 3.05) is 0 Å². The molecule has 0 spiro atoms. The number of hydrogen-bond donors (Lipinski definition) is 0. The van der Waals surface area contributed by atoms with Crippen LogP contribution in [0, 0.1) is 20.8 Å². The van der Waals surface area contributed by atoms with E-state index in [2.05, 4.69) is 0 Å². The number of ketones is 1. The van der Waals surface area contributed by atoms with E-state index >= 15 is 0 Å². The Hall–Kier alpha value is -1.12. The molecule has 1 nitrogen and oxygen atoms in total. The van der Waals surface area contributed by atoms with Crippen LogP contribution >= 0.6 is 22.9 Å². The van der Waals surface area contributed by atoms with E-state index in [0.29, 0.717) is 10.6 Å². The van der Waals surface area contributed by atoms with Gasteiger partial charge in [0.05, 0.1) is 4.88 Å². The highest BCUT2D eigenvalue weighted by atomic mass is 35.5. The van der Waals surface area contributed by atoms with Crippen molar-refractivity contribution in [3.05, 3.63) is 55.7 Å². The summed E-state index contributed by atoms with van der Waals surface area (Å²) in [5.74, 6) is 0.0613. The monoisotopic (exact) mass is 264 g/mol. The van der Waals surface area contributed by atoms with Crippen molar-refractivity contribution < 1.29 is 4.79 Å². The van der Waals surface area contributed by atoms with Crippen molar-refractivity contribution in [3.63, 3.8) is 0 Å². The summed E-state index contributed by atoms with van der Waals surface area (Å²) in [6.07, 6.45) is 0. The molecule has 0 fully saturated rings. The highest BCUT2D eigenvalue weighted by molar-refractivity contribution is 7.14. The van der Waals surface area contributed by atoms with Gasteiger partial charge in [0.2, 0.25) is 5.78 Å². The predicted molar refractivity (Wildman–Crippen MR) is 73.4 cm³/mol. The summed E-state index contributed by atoms with van der Waals surface area (Å²) in [5, 5.41) is 0.610. The lowest BCUT2D eigenvalue weighted by Crippen LogP contribution is -2.00. The van der Waals surface area contributed by atoms with Crippen LogP contribution in [0.2, 0.25) is 5.02 Å². The molecule has 2 aromatic rings. The zero-order chi connectivity index (χ0) is 12.6. The second-order valence-corrected chi connectivity index (χ2v) is 5.91. The second-order valence-electron chi connectivity index (χ2n) is 4.22. The van der Waals surface area contributed by atoms with Crippen LogP contribution in [0.5, 0.6) is 0 Å². The van der Waals surface area contributed by atoms with Crippen LogP contribution in [0.1, 0.15) is 31.2 Å². The molecule has 1 heterocycles. The maximum atomic E-state index is 12.3.